The van der Waals surface area contributed by atoms with Crippen molar-refractivity contribution in [2.24, 2.45) is 0 Å². The van der Waals surface area contributed by atoms with E-state index in [9.17, 15) is 18.4 Å². The lowest BCUT2D eigenvalue weighted by Gasteiger charge is -2.09. The second kappa shape index (κ2) is 8.53. The number of aromatic nitrogens is 5. The molecule has 4 rings (SSSR count). The minimum Gasteiger partial charge on any atom is -0.354 e. The van der Waals surface area contributed by atoms with Gasteiger partial charge in [-0.15, -0.1) is 0 Å². The molecule has 4 aromatic rings. The van der Waals surface area contributed by atoms with Crippen LogP contribution in [0.15, 0.2) is 48.8 Å². The molecule has 0 aliphatic rings. The molecule has 3 heterocycles. The molecule has 0 saturated heterocycles. The van der Waals surface area contributed by atoms with Gasteiger partial charge in [0.15, 0.2) is 11.3 Å². The predicted molar refractivity (Wildman–Crippen MR) is 113 cm³/mol. The largest absolute Gasteiger partial charge is 0.354 e. The van der Waals surface area contributed by atoms with Gasteiger partial charge in [0.25, 0.3) is 18.2 Å². The Morgan fingerprint density at radius 3 is 2.56 bits per heavy atom. The minimum absolute atomic E-state index is 0.0169. The molecule has 0 spiro atoms. The van der Waals surface area contributed by atoms with E-state index in [0.717, 1.165) is 4.52 Å². The summed E-state index contributed by atoms with van der Waals surface area (Å²) in [6.45, 7) is 2.31. The number of fused-ring (bicyclic) bond motifs is 1. The zero-order valence-electron chi connectivity index (χ0n) is 17.2. The number of amides is 2. The molecule has 0 saturated carbocycles. The van der Waals surface area contributed by atoms with E-state index in [2.05, 4.69) is 25.8 Å². The molecule has 3 aromatic heterocycles. The number of alkyl halides is 2. The molecule has 0 unspecified atom stereocenters. The zero-order valence-corrected chi connectivity index (χ0v) is 17.2. The van der Waals surface area contributed by atoms with Crippen molar-refractivity contribution < 1.29 is 18.4 Å². The molecule has 0 fully saturated rings. The lowest BCUT2D eigenvalue weighted by molar-refractivity contribution is 0.0958. The zero-order chi connectivity index (χ0) is 22.8. The van der Waals surface area contributed by atoms with Crippen LogP contribution in [0.5, 0.6) is 0 Å². The lowest BCUT2D eigenvalue weighted by atomic mass is 10.1. The summed E-state index contributed by atoms with van der Waals surface area (Å²) < 4.78 is 29.9. The maximum absolute atomic E-state index is 13.7. The van der Waals surface area contributed by atoms with Crippen LogP contribution in [0.1, 0.15) is 39.9 Å². The highest BCUT2D eigenvalue weighted by atomic mass is 19.3. The summed E-state index contributed by atoms with van der Waals surface area (Å²) in [5.41, 5.74) is 0.690. The summed E-state index contributed by atoms with van der Waals surface area (Å²) >= 11 is 0. The van der Waals surface area contributed by atoms with Crippen LogP contribution in [0.2, 0.25) is 0 Å². The standard InChI is InChI=1S/C21H19F2N7O2/c1-3-29-11-15(17(28-29)21(32)24-2)27-20(31)13-10-25-30-16(18(22)23)9-14(26-19(13)30)12-7-5-4-6-8-12/h4-11,18H,3H2,1-2H3,(H,24,32)(H,27,31). The van der Waals surface area contributed by atoms with Gasteiger partial charge in [-0.05, 0) is 13.0 Å². The molecule has 0 aliphatic heterocycles. The maximum Gasteiger partial charge on any atom is 0.280 e. The van der Waals surface area contributed by atoms with Gasteiger partial charge < -0.3 is 10.6 Å². The van der Waals surface area contributed by atoms with Crippen molar-refractivity contribution in [2.45, 2.75) is 19.9 Å². The predicted octanol–water partition coefficient (Wildman–Crippen LogP) is 3.16. The van der Waals surface area contributed by atoms with Crippen molar-refractivity contribution in [3.05, 3.63) is 65.7 Å². The van der Waals surface area contributed by atoms with E-state index in [-0.39, 0.29) is 28.3 Å². The van der Waals surface area contributed by atoms with E-state index in [1.165, 1.54) is 30.2 Å². The molecule has 0 bridgehead atoms. The Hall–Kier alpha value is -4.15. The van der Waals surface area contributed by atoms with Gasteiger partial charge in [0.05, 0.1) is 17.6 Å². The van der Waals surface area contributed by atoms with Crippen molar-refractivity contribution in [1.29, 1.82) is 0 Å². The van der Waals surface area contributed by atoms with Gasteiger partial charge in [-0.25, -0.2) is 18.3 Å². The fourth-order valence-electron chi connectivity index (χ4n) is 3.21. The van der Waals surface area contributed by atoms with Crippen LogP contribution in [-0.2, 0) is 6.54 Å². The molecule has 2 N–H and O–H groups in total. The number of hydrogen-bond donors (Lipinski definition) is 2. The average Bonchev–Trinajstić information content (AvgIpc) is 3.42. The highest BCUT2D eigenvalue weighted by molar-refractivity contribution is 6.11. The molecule has 0 radical (unpaired) electrons. The molecule has 0 atom stereocenters. The number of aryl methyl sites for hydroxylation is 1. The normalized spacial score (nSPS) is 11.2. The summed E-state index contributed by atoms with van der Waals surface area (Å²) in [5.74, 6) is -1.13. The SMILES string of the molecule is CCn1cc(NC(=O)c2cnn3c(C(F)F)cc(-c4ccccc4)nc23)c(C(=O)NC)n1. The molecule has 2 amide bonds. The molecule has 11 heteroatoms. The molecule has 0 aliphatic carbocycles. The number of benzene rings is 1. The number of carbonyl (C=O) groups excluding carboxylic acids is 2. The number of anilines is 1. The first kappa shape index (κ1) is 21.1. The van der Waals surface area contributed by atoms with Crippen LogP contribution in [0.4, 0.5) is 14.5 Å². The van der Waals surface area contributed by atoms with E-state index in [1.54, 1.807) is 30.3 Å². The number of hydrogen-bond acceptors (Lipinski definition) is 5. The van der Waals surface area contributed by atoms with Crippen LogP contribution >= 0.6 is 0 Å². The quantitative estimate of drug-likeness (QED) is 0.480. The van der Waals surface area contributed by atoms with E-state index < -0.39 is 23.9 Å². The van der Waals surface area contributed by atoms with Gasteiger partial charge in [-0.2, -0.15) is 10.2 Å². The Morgan fingerprint density at radius 1 is 1.16 bits per heavy atom. The molecule has 32 heavy (non-hydrogen) atoms. The van der Waals surface area contributed by atoms with Crippen LogP contribution < -0.4 is 10.6 Å². The fourth-order valence-corrected chi connectivity index (χ4v) is 3.21. The third-order valence-electron chi connectivity index (χ3n) is 4.81. The second-order valence-electron chi connectivity index (χ2n) is 6.81. The van der Waals surface area contributed by atoms with E-state index in [4.69, 9.17) is 0 Å². The first-order valence-corrected chi connectivity index (χ1v) is 9.76. The van der Waals surface area contributed by atoms with Gasteiger partial charge in [0.2, 0.25) is 0 Å². The number of halogens is 2. The number of rotatable bonds is 6. The van der Waals surface area contributed by atoms with Crippen molar-refractivity contribution >= 4 is 23.1 Å². The lowest BCUT2D eigenvalue weighted by Crippen LogP contribution is -2.21. The number of nitrogens with one attached hydrogen (secondary N) is 2. The highest BCUT2D eigenvalue weighted by Crippen LogP contribution is 2.27. The Kier molecular flexibility index (Phi) is 5.63. The van der Waals surface area contributed by atoms with Gasteiger partial charge in [-0.3, -0.25) is 14.3 Å². The number of nitrogens with zero attached hydrogens (tertiary/aromatic N) is 5. The van der Waals surface area contributed by atoms with Crippen molar-refractivity contribution in [2.75, 3.05) is 12.4 Å². The van der Waals surface area contributed by atoms with Crippen LogP contribution in [0.25, 0.3) is 16.9 Å². The molecule has 164 valence electrons. The van der Waals surface area contributed by atoms with Gasteiger partial charge in [0, 0.05) is 25.4 Å². The fraction of sp³-hybridized carbons (Fsp3) is 0.190. The first-order chi connectivity index (χ1) is 15.4. The van der Waals surface area contributed by atoms with Crippen LogP contribution in [0.3, 0.4) is 0 Å². The Morgan fingerprint density at radius 2 is 1.91 bits per heavy atom. The van der Waals surface area contributed by atoms with E-state index in [1.807, 2.05) is 6.92 Å². The van der Waals surface area contributed by atoms with Crippen molar-refractivity contribution in [3.8, 4) is 11.3 Å². The third-order valence-corrected chi connectivity index (χ3v) is 4.81. The molecular formula is C21H19F2N7O2. The Balaban J connectivity index is 1.78. The maximum atomic E-state index is 13.7. The van der Waals surface area contributed by atoms with Gasteiger partial charge in [-0.1, -0.05) is 30.3 Å². The van der Waals surface area contributed by atoms with E-state index in [0.29, 0.717) is 12.1 Å². The van der Waals surface area contributed by atoms with Gasteiger partial charge in [0.1, 0.15) is 11.3 Å². The van der Waals surface area contributed by atoms with Crippen molar-refractivity contribution in [1.82, 2.24) is 29.7 Å². The second-order valence-corrected chi connectivity index (χ2v) is 6.81. The van der Waals surface area contributed by atoms with Crippen molar-refractivity contribution in [3.63, 3.8) is 0 Å². The van der Waals surface area contributed by atoms with Crippen LogP contribution in [0, 0.1) is 0 Å². The summed E-state index contributed by atoms with van der Waals surface area (Å²) in [6.07, 6.45) is -0.148. The smallest absolute Gasteiger partial charge is 0.280 e. The molecule has 9 nitrogen and oxygen atoms in total. The Bertz CT molecular complexity index is 1300. The summed E-state index contributed by atoms with van der Waals surface area (Å²) in [5, 5.41) is 13.2. The highest BCUT2D eigenvalue weighted by Gasteiger charge is 2.24. The average molecular weight is 439 g/mol. The minimum atomic E-state index is -2.83. The van der Waals surface area contributed by atoms with Crippen LogP contribution in [-0.4, -0.2) is 43.2 Å². The summed E-state index contributed by atoms with van der Waals surface area (Å²) in [4.78, 5) is 29.5. The van der Waals surface area contributed by atoms with E-state index >= 15 is 0 Å². The monoisotopic (exact) mass is 439 g/mol. The first-order valence-electron chi connectivity index (χ1n) is 9.76. The molecule has 1 aromatic carbocycles. The molecular weight excluding hydrogens is 420 g/mol. The topological polar surface area (TPSA) is 106 Å². The summed E-state index contributed by atoms with van der Waals surface area (Å²) in [6, 6.07) is 10.0. The number of carbonyl (C=O) groups is 2. The van der Waals surface area contributed by atoms with Gasteiger partial charge >= 0.3 is 0 Å². The third kappa shape index (κ3) is 3.80. The Labute approximate surface area is 181 Å². The summed E-state index contributed by atoms with van der Waals surface area (Å²) in [7, 11) is 1.45.